The molecule has 0 saturated carbocycles. The molecule has 0 atom stereocenters. The quantitative estimate of drug-likeness (QED) is 0.435. The SMILES string of the molecule is CCOc1cc(C#N)cc(Cl)c1OC(=O)Cc1nc(-c2cccs2)oc1C. The van der Waals surface area contributed by atoms with Crippen LogP contribution in [0.2, 0.25) is 5.02 Å². The van der Waals surface area contributed by atoms with Crippen molar-refractivity contribution in [1.82, 2.24) is 4.98 Å². The first-order valence-corrected chi connectivity index (χ1v) is 9.34. The number of aromatic nitrogens is 1. The van der Waals surface area contributed by atoms with Crippen LogP contribution in [-0.2, 0) is 11.2 Å². The van der Waals surface area contributed by atoms with Gasteiger partial charge in [-0.1, -0.05) is 17.7 Å². The average Bonchev–Trinajstić information content (AvgIpc) is 3.28. The molecule has 0 aliphatic heterocycles. The van der Waals surface area contributed by atoms with Crippen molar-refractivity contribution < 1.29 is 18.7 Å². The minimum Gasteiger partial charge on any atom is -0.490 e. The molecule has 2 aromatic heterocycles. The van der Waals surface area contributed by atoms with Crippen molar-refractivity contribution in [3.05, 3.63) is 51.7 Å². The maximum atomic E-state index is 12.4. The number of oxazole rings is 1. The minimum atomic E-state index is -0.559. The molecule has 2 heterocycles. The van der Waals surface area contributed by atoms with Gasteiger partial charge in [-0.05, 0) is 31.4 Å². The van der Waals surface area contributed by atoms with Crippen LogP contribution in [-0.4, -0.2) is 17.6 Å². The van der Waals surface area contributed by atoms with Gasteiger partial charge in [-0.3, -0.25) is 4.79 Å². The van der Waals surface area contributed by atoms with Crippen LogP contribution in [0.4, 0.5) is 0 Å². The summed E-state index contributed by atoms with van der Waals surface area (Å²) in [5.74, 6) is 0.785. The number of benzene rings is 1. The Kier molecular flexibility index (Phi) is 5.79. The Bertz CT molecular complexity index is 1010. The van der Waals surface area contributed by atoms with E-state index in [1.165, 1.54) is 23.5 Å². The Balaban J connectivity index is 1.80. The summed E-state index contributed by atoms with van der Waals surface area (Å²) in [6.07, 6.45) is -0.0808. The van der Waals surface area contributed by atoms with Gasteiger partial charge >= 0.3 is 5.97 Å². The molecular formula is C19H15ClN2O4S. The predicted molar refractivity (Wildman–Crippen MR) is 101 cm³/mol. The van der Waals surface area contributed by atoms with Crippen LogP contribution in [0.1, 0.15) is 23.9 Å². The van der Waals surface area contributed by atoms with Crippen LogP contribution < -0.4 is 9.47 Å². The third-order valence-corrected chi connectivity index (χ3v) is 4.73. The lowest BCUT2D eigenvalue weighted by Crippen LogP contribution is -2.13. The van der Waals surface area contributed by atoms with Crippen LogP contribution in [0.5, 0.6) is 11.5 Å². The molecule has 3 rings (SSSR count). The zero-order valence-corrected chi connectivity index (χ0v) is 16.2. The van der Waals surface area contributed by atoms with Gasteiger partial charge in [0.25, 0.3) is 0 Å². The smallest absolute Gasteiger partial charge is 0.317 e. The van der Waals surface area contributed by atoms with Crippen molar-refractivity contribution >= 4 is 28.9 Å². The number of halogens is 1. The van der Waals surface area contributed by atoms with E-state index >= 15 is 0 Å². The molecule has 0 aliphatic rings. The van der Waals surface area contributed by atoms with E-state index in [2.05, 4.69) is 4.98 Å². The standard InChI is InChI=1S/C19H15ClN2O4S/c1-3-24-15-8-12(10-21)7-13(20)18(15)26-17(23)9-14-11(2)25-19(22-14)16-5-4-6-27-16/h4-8H,3,9H2,1-2H3. The molecule has 27 heavy (non-hydrogen) atoms. The molecule has 0 saturated heterocycles. The second-order valence-electron chi connectivity index (χ2n) is 5.48. The molecule has 0 N–H and O–H groups in total. The zero-order valence-electron chi connectivity index (χ0n) is 14.6. The number of carbonyl (C=O) groups excluding carboxylic acids is 1. The number of thiophene rings is 1. The largest absolute Gasteiger partial charge is 0.490 e. The van der Waals surface area contributed by atoms with Crippen LogP contribution in [0.3, 0.4) is 0 Å². The third kappa shape index (κ3) is 4.30. The third-order valence-electron chi connectivity index (χ3n) is 3.59. The van der Waals surface area contributed by atoms with Gasteiger partial charge in [0.2, 0.25) is 5.89 Å². The topological polar surface area (TPSA) is 85.4 Å². The number of rotatable bonds is 6. The number of aryl methyl sites for hydroxylation is 1. The summed E-state index contributed by atoms with van der Waals surface area (Å²) in [7, 11) is 0. The first kappa shape index (κ1) is 19.0. The normalized spacial score (nSPS) is 10.4. The molecule has 8 heteroatoms. The Morgan fingerprint density at radius 1 is 1.44 bits per heavy atom. The Morgan fingerprint density at radius 3 is 2.93 bits per heavy atom. The Labute approximate surface area is 164 Å². The average molecular weight is 403 g/mol. The van der Waals surface area contributed by atoms with Crippen molar-refractivity contribution in [3.63, 3.8) is 0 Å². The molecule has 0 fully saturated rings. The Hall–Kier alpha value is -2.82. The summed E-state index contributed by atoms with van der Waals surface area (Å²) in [5.41, 5.74) is 0.808. The van der Waals surface area contributed by atoms with Crippen molar-refractivity contribution in [2.75, 3.05) is 6.61 Å². The summed E-state index contributed by atoms with van der Waals surface area (Å²) in [6, 6.07) is 8.67. The number of nitrogens with zero attached hydrogens (tertiary/aromatic N) is 2. The second kappa shape index (κ2) is 8.25. The number of esters is 1. The lowest BCUT2D eigenvalue weighted by Gasteiger charge is -2.12. The summed E-state index contributed by atoms with van der Waals surface area (Å²) in [6.45, 7) is 3.86. The molecule has 0 bridgehead atoms. The lowest BCUT2D eigenvalue weighted by atomic mass is 10.2. The molecular weight excluding hydrogens is 388 g/mol. The van der Waals surface area contributed by atoms with Crippen LogP contribution in [0, 0.1) is 18.3 Å². The van der Waals surface area contributed by atoms with Crippen LogP contribution >= 0.6 is 22.9 Å². The minimum absolute atomic E-state index is 0.0808. The highest BCUT2D eigenvalue weighted by Gasteiger charge is 2.20. The van der Waals surface area contributed by atoms with Gasteiger partial charge in [-0.15, -0.1) is 11.3 Å². The van der Waals surface area contributed by atoms with Gasteiger partial charge in [0.1, 0.15) is 5.76 Å². The first-order valence-electron chi connectivity index (χ1n) is 8.09. The highest BCUT2D eigenvalue weighted by atomic mass is 35.5. The number of hydrogen-bond acceptors (Lipinski definition) is 7. The molecule has 6 nitrogen and oxygen atoms in total. The summed E-state index contributed by atoms with van der Waals surface area (Å²) in [4.78, 5) is 17.7. The Morgan fingerprint density at radius 2 is 2.26 bits per heavy atom. The number of nitriles is 1. The van der Waals surface area contributed by atoms with Crippen molar-refractivity contribution in [3.8, 4) is 28.3 Å². The van der Waals surface area contributed by atoms with Gasteiger partial charge in [0.05, 0.1) is 40.3 Å². The lowest BCUT2D eigenvalue weighted by molar-refractivity contribution is -0.133. The highest BCUT2D eigenvalue weighted by molar-refractivity contribution is 7.13. The first-order chi connectivity index (χ1) is 13.0. The molecule has 0 spiro atoms. The molecule has 0 aliphatic carbocycles. The van der Waals surface area contributed by atoms with Gasteiger partial charge in [0, 0.05) is 6.07 Å². The van der Waals surface area contributed by atoms with E-state index in [0.717, 1.165) is 4.88 Å². The van der Waals surface area contributed by atoms with Gasteiger partial charge < -0.3 is 13.9 Å². The van der Waals surface area contributed by atoms with Crippen LogP contribution in [0.25, 0.3) is 10.8 Å². The predicted octanol–water partition coefficient (Wildman–Crippen LogP) is 4.78. The zero-order chi connectivity index (χ0) is 19.4. The summed E-state index contributed by atoms with van der Waals surface area (Å²) < 4.78 is 16.5. The molecule has 0 unspecified atom stereocenters. The van der Waals surface area contributed by atoms with E-state index in [-0.39, 0.29) is 22.9 Å². The maximum Gasteiger partial charge on any atom is 0.317 e. The van der Waals surface area contributed by atoms with Crippen LogP contribution in [0.15, 0.2) is 34.1 Å². The fraction of sp³-hybridized carbons (Fsp3) is 0.211. The summed E-state index contributed by atoms with van der Waals surface area (Å²) >= 11 is 7.66. The molecule has 1 aromatic carbocycles. The van der Waals surface area contributed by atoms with Crippen molar-refractivity contribution in [2.45, 2.75) is 20.3 Å². The van der Waals surface area contributed by atoms with Crippen molar-refractivity contribution in [1.29, 1.82) is 5.26 Å². The number of ether oxygens (including phenoxy) is 2. The van der Waals surface area contributed by atoms with Gasteiger partial charge in [0.15, 0.2) is 11.5 Å². The van der Waals surface area contributed by atoms with E-state index in [1.54, 1.807) is 13.8 Å². The summed E-state index contributed by atoms with van der Waals surface area (Å²) in [5, 5.41) is 11.1. The molecule has 0 amide bonds. The van der Waals surface area contributed by atoms with E-state index in [1.807, 2.05) is 23.6 Å². The van der Waals surface area contributed by atoms with Crippen molar-refractivity contribution in [2.24, 2.45) is 0 Å². The number of hydrogen-bond donors (Lipinski definition) is 0. The van der Waals surface area contributed by atoms with Gasteiger partial charge in [-0.2, -0.15) is 5.26 Å². The monoisotopic (exact) mass is 402 g/mol. The molecule has 3 aromatic rings. The fourth-order valence-corrected chi connectivity index (χ4v) is 3.28. The van der Waals surface area contributed by atoms with E-state index in [0.29, 0.717) is 29.5 Å². The van der Waals surface area contributed by atoms with E-state index in [9.17, 15) is 4.79 Å². The van der Waals surface area contributed by atoms with Gasteiger partial charge in [-0.25, -0.2) is 4.98 Å². The van der Waals surface area contributed by atoms with E-state index < -0.39 is 5.97 Å². The maximum absolute atomic E-state index is 12.4. The molecule has 138 valence electrons. The second-order valence-corrected chi connectivity index (χ2v) is 6.84. The van der Waals surface area contributed by atoms with E-state index in [4.69, 9.17) is 30.8 Å². The fourth-order valence-electron chi connectivity index (χ4n) is 2.38. The highest BCUT2D eigenvalue weighted by Crippen LogP contribution is 2.37. The molecule has 0 radical (unpaired) electrons. The number of carbonyl (C=O) groups is 1.